The number of halogens is 3. The van der Waals surface area contributed by atoms with E-state index in [1.807, 2.05) is 5.38 Å². The van der Waals surface area contributed by atoms with Gasteiger partial charge in [-0.2, -0.15) is 13.2 Å². The molecule has 114 valence electrons. The summed E-state index contributed by atoms with van der Waals surface area (Å²) in [5, 5.41) is 3.03. The molecule has 0 unspecified atom stereocenters. The van der Waals surface area contributed by atoms with Crippen molar-refractivity contribution in [1.82, 2.24) is 14.8 Å². The summed E-state index contributed by atoms with van der Waals surface area (Å²) in [6.07, 6.45) is -3.32. The third-order valence-corrected chi connectivity index (χ3v) is 4.17. The van der Waals surface area contributed by atoms with E-state index in [2.05, 4.69) is 9.88 Å². The minimum atomic E-state index is -4.10. The monoisotopic (exact) mass is 308 g/mol. The van der Waals surface area contributed by atoms with Crippen molar-refractivity contribution in [1.29, 1.82) is 0 Å². The zero-order valence-corrected chi connectivity index (χ0v) is 12.0. The highest BCUT2D eigenvalue weighted by Crippen LogP contribution is 2.18. The standard InChI is InChI=1S/C12H19F3N4S/c13-12(14,15)9-19-5-3-18(4-6-19)7-10-8-20-11(17-10)1-2-16/h8H,1-7,9,16H2. The van der Waals surface area contributed by atoms with Crippen LogP contribution in [0.15, 0.2) is 5.38 Å². The first-order valence-electron chi connectivity index (χ1n) is 6.61. The number of hydrogen-bond donors (Lipinski definition) is 1. The summed E-state index contributed by atoms with van der Waals surface area (Å²) in [6, 6.07) is 0. The number of nitrogens with two attached hydrogens (primary N) is 1. The summed E-state index contributed by atoms with van der Waals surface area (Å²) in [6.45, 7) is 2.71. The Morgan fingerprint density at radius 2 is 1.85 bits per heavy atom. The Balaban J connectivity index is 1.76. The number of rotatable bonds is 5. The first kappa shape index (κ1) is 15.7. The van der Waals surface area contributed by atoms with E-state index in [9.17, 15) is 13.2 Å². The van der Waals surface area contributed by atoms with E-state index in [1.54, 1.807) is 11.3 Å². The van der Waals surface area contributed by atoms with Crippen molar-refractivity contribution in [2.45, 2.75) is 19.1 Å². The SMILES string of the molecule is NCCc1nc(CN2CCN(CC(F)(F)F)CC2)cs1. The normalized spacial score (nSPS) is 18.6. The topological polar surface area (TPSA) is 45.4 Å². The Hall–Kier alpha value is -0.700. The van der Waals surface area contributed by atoms with Gasteiger partial charge in [0.25, 0.3) is 0 Å². The Kier molecular flexibility index (Phi) is 5.36. The molecular weight excluding hydrogens is 289 g/mol. The summed E-state index contributed by atoms with van der Waals surface area (Å²) in [4.78, 5) is 8.08. The Bertz CT molecular complexity index is 413. The van der Waals surface area contributed by atoms with Gasteiger partial charge in [-0.25, -0.2) is 4.98 Å². The molecule has 2 N–H and O–H groups in total. The second-order valence-electron chi connectivity index (χ2n) is 4.94. The van der Waals surface area contributed by atoms with Crippen LogP contribution in [0, 0.1) is 0 Å². The first-order chi connectivity index (χ1) is 9.46. The van der Waals surface area contributed by atoms with E-state index in [4.69, 9.17) is 5.73 Å². The van der Waals surface area contributed by atoms with Crippen LogP contribution in [-0.2, 0) is 13.0 Å². The molecule has 1 aromatic heterocycles. The molecule has 0 aliphatic carbocycles. The van der Waals surface area contributed by atoms with Gasteiger partial charge in [0.15, 0.2) is 0 Å². The number of alkyl halides is 3. The number of nitrogens with zero attached hydrogens (tertiary/aromatic N) is 3. The van der Waals surface area contributed by atoms with Crippen LogP contribution in [0.3, 0.4) is 0 Å². The molecule has 2 heterocycles. The van der Waals surface area contributed by atoms with E-state index in [-0.39, 0.29) is 0 Å². The summed E-state index contributed by atoms with van der Waals surface area (Å²) in [5.41, 5.74) is 6.47. The molecule has 2 rings (SSSR count). The van der Waals surface area contributed by atoms with Crippen LogP contribution in [0.2, 0.25) is 0 Å². The van der Waals surface area contributed by atoms with Crippen LogP contribution in [-0.4, -0.2) is 60.2 Å². The molecule has 1 aromatic rings. The van der Waals surface area contributed by atoms with Crippen molar-refractivity contribution in [3.05, 3.63) is 16.1 Å². The van der Waals surface area contributed by atoms with Gasteiger partial charge in [0.2, 0.25) is 0 Å². The lowest BCUT2D eigenvalue weighted by molar-refractivity contribution is -0.149. The van der Waals surface area contributed by atoms with E-state index in [0.717, 1.165) is 17.1 Å². The van der Waals surface area contributed by atoms with Crippen molar-refractivity contribution < 1.29 is 13.2 Å². The Morgan fingerprint density at radius 3 is 2.45 bits per heavy atom. The van der Waals surface area contributed by atoms with E-state index in [1.165, 1.54) is 4.90 Å². The molecule has 1 fully saturated rings. The molecule has 0 atom stereocenters. The zero-order valence-electron chi connectivity index (χ0n) is 11.2. The van der Waals surface area contributed by atoms with Gasteiger partial charge in [-0.3, -0.25) is 9.80 Å². The van der Waals surface area contributed by atoms with E-state index >= 15 is 0 Å². The van der Waals surface area contributed by atoms with Gasteiger partial charge in [-0.1, -0.05) is 0 Å². The summed E-state index contributed by atoms with van der Waals surface area (Å²) < 4.78 is 36.9. The summed E-state index contributed by atoms with van der Waals surface area (Å²) >= 11 is 1.59. The fourth-order valence-electron chi connectivity index (χ4n) is 2.25. The Morgan fingerprint density at radius 1 is 1.20 bits per heavy atom. The molecule has 0 radical (unpaired) electrons. The second kappa shape index (κ2) is 6.84. The molecule has 1 aliphatic rings. The average molecular weight is 308 g/mol. The number of hydrogen-bond acceptors (Lipinski definition) is 5. The fraction of sp³-hybridized carbons (Fsp3) is 0.750. The fourth-order valence-corrected chi connectivity index (χ4v) is 3.05. The predicted octanol–water partition coefficient (Wildman–Crippen LogP) is 1.32. The van der Waals surface area contributed by atoms with Crippen LogP contribution >= 0.6 is 11.3 Å². The van der Waals surface area contributed by atoms with Gasteiger partial charge in [0.05, 0.1) is 17.2 Å². The highest BCUT2D eigenvalue weighted by atomic mass is 32.1. The van der Waals surface area contributed by atoms with Crippen LogP contribution < -0.4 is 5.73 Å². The van der Waals surface area contributed by atoms with Gasteiger partial charge in [-0.05, 0) is 6.54 Å². The minimum absolute atomic E-state index is 0.458. The van der Waals surface area contributed by atoms with Crippen LogP contribution in [0.25, 0.3) is 0 Å². The number of thiazole rings is 1. The van der Waals surface area contributed by atoms with Crippen molar-refractivity contribution in [3.63, 3.8) is 0 Å². The van der Waals surface area contributed by atoms with Crippen molar-refractivity contribution in [2.75, 3.05) is 39.3 Å². The van der Waals surface area contributed by atoms with Gasteiger partial charge >= 0.3 is 6.18 Å². The molecule has 1 aliphatic heterocycles. The zero-order chi connectivity index (χ0) is 14.6. The quantitative estimate of drug-likeness (QED) is 0.891. The lowest BCUT2D eigenvalue weighted by Gasteiger charge is -2.34. The minimum Gasteiger partial charge on any atom is -0.330 e. The van der Waals surface area contributed by atoms with Crippen molar-refractivity contribution in [3.8, 4) is 0 Å². The molecule has 4 nitrogen and oxygen atoms in total. The average Bonchev–Trinajstić information content (AvgIpc) is 2.78. The van der Waals surface area contributed by atoms with Gasteiger partial charge < -0.3 is 5.73 Å². The number of piperazine rings is 1. The third kappa shape index (κ3) is 5.01. The van der Waals surface area contributed by atoms with Crippen LogP contribution in [0.5, 0.6) is 0 Å². The maximum absolute atomic E-state index is 12.3. The van der Waals surface area contributed by atoms with Crippen LogP contribution in [0.4, 0.5) is 13.2 Å². The molecule has 20 heavy (non-hydrogen) atoms. The van der Waals surface area contributed by atoms with E-state index < -0.39 is 12.7 Å². The molecule has 0 bridgehead atoms. The third-order valence-electron chi connectivity index (χ3n) is 3.21. The van der Waals surface area contributed by atoms with Crippen molar-refractivity contribution in [2.24, 2.45) is 5.73 Å². The molecule has 0 aromatic carbocycles. The second-order valence-corrected chi connectivity index (χ2v) is 5.88. The highest BCUT2D eigenvalue weighted by Gasteiger charge is 2.32. The van der Waals surface area contributed by atoms with Gasteiger partial charge in [0, 0.05) is 44.5 Å². The predicted molar refractivity (Wildman–Crippen MR) is 72.6 cm³/mol. The summed E-state index contributed by atoms with van der Waals surface area (Å²) in [7, 11) is 0. The smallest absolute Gasteiger partial charge is 0.330 e. The highest BCUT2D eigenvalue weighted by molar-refractivity contribution is 7.09. The molecule has 0 amide bonds. The van der Waals surface area contributed by atoms with E-state index in [0.29, 0.717) is 39.3 Å². The molecule has 0 spiro atoms. The van der Waals surface area contributed by atoms with Crippen LogP contribution in [0.1, 0.15) is 10.7 Å². The maximum Gasteiger partial charge on any atom is 0.401 e. The molecule has 1 saturated heterocycles. The first-order valence-corrected chi connectivity index (χ1v) is 7.49. The number of aromatic nitrogens is 1. The van der Waals surface area contributed by atoms with Crippen molar-refractivity contribution >= 4 is 11.3 Å². The molecule has 8 heteroatoms. The Labute approximate surface area is 120 Å². The lowest BCUT2D eigenvalue weighted by atomic mass is 10.3. The lowest BCUT2D eigenvalue weighted by Crippen LogP contribution is -2.48. The van der Waals surface area contributed by atoms with Gasteiger partial charge in [0.1, 0.15) is 0 Å². The maximum atomic E-state index is 12.3. The molecule has 0 saturated carbocycles. The largest absolute Gasteiger partial charge is 0.401 e. The summed E-state index contributed by atoms with van der Waals surface area (Å²) in [5.74, 6) is 0. The van der Waals surface area contributed by atoms with Gasteiger partial charge in [-0.15, -0.1) is 11.3 Å². The molecular formula is C12H19F3N4S.